The highest BCUT2D eigenvalue weighted by Gasteiger charge is 2.21. The Morgan fingerprint density at radius 2 is 1.41 bits per heavy atom. The molecule has 3 aromatic carbocycles. The molecule has 0 aliphatic rings. The van der Waals surface area contributed by atoms with Gasteiger partial charge in [-0.05, 0) is 60.7 Å². The number of carbonyl (C=O) groups is 1. The predicted octanol–water partition coefficient (Wildman–Crippen LogP) is 5.26. The smallest absolute Gasteiger partial charge is 0.261 e. The Bertz CT molecular complexity index is 1520. The normalized spacial score (nSPS) is 11.7. The highest BCUT2D eigenvalue weighted by atomic mass is 32.2. The van der Waals surface area contributed by atoms with Crippen LogP contribution in [-0.4, -0.2) is 38.6 Å². The molecule has 0 atom stereocenters. The Kier molecular flexibility index (Phi) is 7.04. The van der Waals surface area contributed by atoms with E-state index in [9.17, 15) is 13.2 Å². The average molecular weight is 520 g/mol. The van der Waals surface area contributed by atoms with Gasteiger partial charge in [0.2, 0.25) is 17.7 Å². The number of nitrogens with zero attached hydrogens (tertiary/aromatic N) is 3. The van der Waals surface area contributed by atoms with Crippen molar-refractivity contribution in [3.8, 4) is 22.9 Å². The first-order chi connectivity index (χ1) is 17.4. The Morgan fingerprint density at radius 3 is 2.00 bits per heavy atom. The third-order valence-corrected chi connectivity index (χ3v) is 6.88. The summed E-state index contributed by atoms with van der Waals surface area (Å²) in [6, 6.07) is 20.4. The summed E-state index contributed by atoms with van der Waals surface area (Å²) in [6.07, 6.45) is 0. The molecule has 10 heteroatoms. The largest absolute Gasteiger partial charge is 0.416 e. The third kappa shape index (κ3) is 6.15. The van der Waals surface area contributed by atoms with Crippen LogP contribution in [0, 0.1) is 5.41 Å². The van der Waals surface area contributed by atoms with Crippen LogP contribution in [0.1, 0.15) is 20.8 Å². The number of amides is 1. The molecule has 0 fully saturated rings. The van der Waals surface area contributed by atoms with Gasteiger partial charge in [0, 0.05) is 47.7 Å². The quantitative estimate of drug-likeness (QED) is 0.342. The second-order valence-electron chi connectivity index (χ2n) is 9.77. The van der Waals surface area contributed by atoms with Gasteiger partial charge in [0.15, 0.2) is 0 Å². The van der Waals surface area contributed by atoms with E-state index in [4.69, 9.17) is 4.42 Å². The first-order valence-electron chi connectivity index (χ1n) is 11.6. The molecule has 0 unspecified atom stereocenters. The molecule has 2 N–H and O–H groups in total. The van der Waals surface area contributed by atoms with Crippen molar-refractivity contribution in [1.82, 2.24) is 10.2 Å². The highest BCUT2D eigenvalue weighted by molar-refractivity contribution is 7.92. The summed E-state index contributed by atoms with van der Waals surface area (Å²) in [5.74, 6) is 0.414. The van der Waals surface area contributed by atoms with Crippen molar-refractivity contribution in [3.05, 3.63) is 72.8 Å². The van der Waals surface area contributed by atoms with E-state index in [1.807, 2.05) is 64.0 Å². The van der Waals surface area contributed by atoms with Gasteiger partial charge in [0.1, 0.15) is 0 Å². The average Bonchev–Trinajstić information content (AvgIpc) is 3.35. The number of sulfonamides is 1. The van der Waals surface area contributed by atoms with E-state index in [-0.39, 0.29) is 16.7 Å². The molecule has 4 aromatic rings. The molecule has 1 aromatic heterocycles. The Morgan fingerprint density at radius 1 is 0.838 bits per heavy atom. The minimum Gasteiger partial charge on any atom is -0.416 e. The van der Waals surface area contributed by atoms with E-state index >= 15 is 0 Å². The highest BCUT2D eigenvalue weighted by Crippen LogP contribution is 2.28. The van der Waals surface area contributed by atoms with Gasteiger partial charge in [-0.15, -0.1) is 10.2 Å². The maximum atomic E-state index is 13.1. The van der Waals surface area contributed by atoms with Crippen LogP contribution in [0.15, 0.2) is 82.1 Å². The predicted molar refractivity (Wildman–Crippen MR) is 145 cm³/mol. The van der Waals surface area contributed by atoms with Crippen LogP contribution in [0.2, 0.25) is 0 Å². The van der Waals surface area contributed by atoms with E-state index in [0.29, 0.717) is 22.8 Å². The zero-order valence-corrected chi connectivity index (χ0v) is 22.1. The number of aromatic nitrogens is 2. The lowest BCUT2D eigenvalue weighted by molar-refractivity contribution is -0.123. The van der Waals surface area contributed by atoms with E-state index in [2.05, 4.69) is 20.2 Å². The molecule has 192 valence electrons. The molecular formula is C27H29N5O4S. The van der Waals surface area contributed by atoms with Crippen LogP contribution in [0.25, 0.3) is 22.9 Å². The second kappa shape index (κ2) is 10.1. The molecule has 0 saturated carbocycles. The van der Waals surface area contributed by atoms with Gasteiger partial charge >= 0.3 is 0 Å². The summed E-state index contributed by atoms with van der Waals surface area (Å²) < 4.78 is 34.5. The summed E-state index contributed by atoms with van der Waals surface area (Å²) in [5.41, 5.74) is 2.62. The van der Waals surface area contributed by atoms with Crippen LogP contribution < -0.4 is 14.9 Å². The van der Waals surface area contributed by atoms with Crippen molar-refractivity contribution < 1.29 is 17.6 Å². The molecule has 0 bridgehead atoms. The van der Waals surface area contributed by atoms with Crippen LogP contribution in [0.4, 0.5) is 17.1 Å². The minimum atomic E-state index is -3.90. The van der Waals surface area contributed by atoms with E-state index < -0.39 is 15.4 Å². The molecule has 0 aliphatic carbocycles. The number of hydrogen-bond donors (Lipinski definition) is 2. The summed E-state index contributed by atoms with van der Waals surface area (Å²) in [7, 11) is -0.0121. The number of anilines is 3. The third-order valence-electron chi connectivity index (χ3n) is 5.50. The van der Waals surface area contributed by atoms with Crippen molar-refractivity contribution in [2.75, 3.05) is 29.0 Å². The molecule has 37 heavy (non-hydrogen) atoms. The van der Waals surface area contributed by atoms with Gasteiger partial charge in [-0.2, -0.15) is 0 Å². The molecular weight excluding hydrogens is 490 g/mol. The zero-order chi connectivity index (χ0) is 26.8. The second-order valence-corrected chi connectivity index (χ2v) is 11.5. The summed E-state index contributed by atoms with van der Waals surface area (Å²) in [4.78, 5) is 14.2. The fourth-order valence-electron chi connectivity index (χ4n) is 3.32. The SMILES string of the molecule is CN(C)c1cccc(-c2nnc(-c3cccc(S(=O)(=O)Nc4ccc(NC(=O)C(C)(C)C)cc4)c3)o2)c1. The molecule has 0 saturated heterocycles. The minimum absolute atomic E-state index is 0.0458. The van der Waals surface area contributed by atoms with E-state index in [1.54, 1.807) is 36.4 Å². The Balaban J connectivity index is 1.52. The van der Waals surface area contributed by atoms with Crippen molar-refractivity contribution in [2.24, 2.45) is 5.41 Å². The van der Waals surface area contributed by atoms with Gasteiger partial charge in [0.05, 0.1) is 4.90 Å². The van der Waals surface area contributed by atoms with E-state index in [0.717, 1.165) is 11.3 Å². The molecule has 1 heterocycles. The molecule has 0 radical (unpaired) electrons. The number of rotatable bonds is 7. The van der Waals surface area contributed by atoms with Crippen molar-refractivity contribution in [1.29, 1.82) is 0 Å². The lowest BCUT2D eigenvalue weighted by atomic mass is 9.95. The maximum Gasteiger partial charge on any atom is 0.261 e. The van der Waals surface area contributed by atoms with Crippen molar-refractivity contribution in [3.63, 3.8) is 0 Å². The van der Waals surface area contributed by atoms with Gasteiger partial charge in [-0.3, -0.25) is 9.52 Å². The monoisotopic (exact) mass is 519 g/mol. The zero-order valence-electron chi connectivity index (χ0n) is 21.3. The molecule has 0 aliphatic heterocycles. The molecule has 4 rings (SSSR count). The molecule has 0 spiro atoms. The Labute approximate surface area is 216 Å². The van der Waals surface area contributed by atoms with Crippen LogP contribution >= 0.6 is 0 Å². The van der Waals surface area contributed by atoms with E-state index in [1.165, 1.54) is 12.1 Å². The maximum absolute atomic E-state index is 13.1. The molecule has 1 amide bonds. The van der Waals surface area contributed by atoms with Gasteiger partial charge in [-0.1, -0.05) is 32.9 Å². The van der Waals surface area contributed by atoms with Crippen molar-refractivity contribution >= 4 is 33.0 Å². The molecule has 9 nitrogen and oxygen atoms in total. The number of hydrogen-bond acceptors (Lipinski definition) is 7. The number of nitrogens with one attached hydrogen (secondary N) is 2. The van der Waals surface area contributed by atoms with Crippen LogP contribution in [0.3, 0.4) is 0 Å². The van der Waals surface area contributed by atoms with Crippen molar-refractivity contribution in [2.45, 2.75) is 25.7 Å². The number of benzene rings is 3. The lowest BCUT2D eigenvalue weighted by Gasteiger charge is -2.17. The number of carbonyl (C=O) groups excluding carboxylic acids is 1. The first kappa shape index (κ1) is 25.9. The van der Waals surface area contributed by atoms with Gasteiger partial charge in [0.25, 0.3) is 10.0 Å². The summed E-state index contributed by atoms with van der Waals surface area (Å²) in [5, 5.41) is 11.1. The van der Waals surface area contributed by atoms with Crippen LogP contribution in [-0.2, 0) is 14.8 Å². The van der Waals surface area contributed by atoms with Crippen LogP contribution in [0.5, 0.6) is 0 Å². The standard InChI is InChI=1S/C27H29N5O4S/c1-27(2,3)26(33)28-20-12-14-21(15-13-20)31-37(34,35)23-11-7-9-19(17-23)25-30-29-24(36-25)18-8-6-10-22(16-18)32(4)5/h6-17,31H,1-5H3,(H,28,33). The first-order valence-corrected chi connectivity index (χ1v) is 13.1. The van der Waals surface area contributed by atoms with Gasteiger partial charge in [-0.25, -0.2) is 8.42 Å². The fraction of sp³-hybridized carbons (Fsp3) is 0.222. The van der Waals surface area contributed by atoms with Gasteiger partial charge < -0.3 is 14.6 Å². The topological polar surface area (TPSA) is 117 Å². The lowest BCUT2D eigenvalue weighted by Crippen LogP contribution is -2.27. The fourth-order valence-corrected chi connectivity index (χ4v) is 4.43. The summed E-state index contributed by atoms with van der Waals surface area (Å²) >= 11 is 0. The summed E-state index contributed by atoms with van der Waals surface area (Å²) in [6.45, 7) is 5.45. The Hall–Kier alpha value is -4.18.